The second kappa shape index (κ2) is 23.2. The van der Waals surface area contributed by atoms with Crippen molar-refractivity contribution in [3.05, 3.63) is 65.0 Å². The van der Waals surface area contributed by atoms with E-state index >= 15 is 0 Å². The molecular formula is C27H46FNO2U. The zero-order valence-corrected chi connectivity index (χ0v) is 25.6. The molecule has 32 heavy (non-hydrogen) atoms. The molecule has 1 heterocycles. The van der Waals surface area contributed by atoms with Gasteiger partial charge in [-0.3, -0.25) is 9.78 Å². The third-order valence-corrected chi connectivity index (χ3v) is 3.84. The summed E-state index contributed by atoms with van der Waals surface area (Å²) in [5.41, 5.74) is 3.77. The van der Waals surface area contributed by atoms with Crippen LogP contribution in [0.25, 0.3) is 0 Å². The fourth-order valence-electron chi connectivity index (χ4n) is 2.17. The molecule has 0 saturated carbocycles. The summed E-state index contributed by atoms with van der Waals surface area (Å²) in [6.07, 6.45) is 2.89. The van der Waals surface area contributed by atoms with Crippen LogP contribution in [-0.4, -0.2) is 22.5 Å². The second-order valence-electron chi connectivity index (χ2n) is 7.73. The summed E-state index contributed by atoms with van der Waals surface area (Å²) in [6, 6.07) is 11.6. The van der Waals surface area contributed by atoms with Gasteiger partial charge in [-0.2, -0.15) is 0 Å². The van der Waals surface area contributed by atoms with Gasteiger partial charge in [-0.25, -0.2) is 4.39 Å². The average Bonchev–Trinajstić information content (AvgIpc) is 2.77. The van der Waals surface area contributed by atoms with Gasteiger partial charge >= 0.3 is 0 Å². The van der Waals surface area contributed by atoms with Gasteiger partial charge in [0.15, 0.2) is 0 Å². The van der Waals surface area contributed by atoms with Gasteiger partial charge in [0.2, 0.25) is 0 Å². The number of aliphatic hydroxyl groups is 1. The van der Waals surface area contributed by atoms with E-state index in [0.717, 1.165) is 17.0 Å². The van der Waals surface area contributed by atoms with Crippen LogP contribution in [-0.2, 0) is 17.6 Å². The maximum atomic E-state index is 13.1. The van der Waals surface area contributed by atoms with Gasteiger partial charge < -0.3 is 5.11 Å². The van der Waals surface area contributed by atoms with Gasteiger partial charge in [-0.15, -0.1) is 0 Å². The molecule has 3 nitrogen and oxygen atoms in total. The Morgan fingerprint density at radius 2 is 1.53 bits per heavy atom. The van der Waals surface area contributed by atoms with E-state index in [1.807, 2.05) is 52.0 Å². The van der Waals surface area contributed by atoms with Crippen molar-refractivity contribution in [1.82, 2.24) is 4.98 Å². The van der Waals surface area contributed by atoms with Crippen molar-refractivity contribution in [3.8, 4) is 0 Å². The first-order valence-electron chi connectivity index (χ1n) is 11.5. The Balaban J connectivity index is -0.000000197. The summed E-state index contributed by atoms with van der Waals surface area (Å²) in [5, 5.41) is 8.64. The maximum Gasteiger partial charge on any atom is 0.142 e. The summed E-state index contributed by atoms with van der Waals surface area (Å²) in [6.45, 7) is 16.3. The van der Waals surface area contributed by atoms with Crippen LogP contribution in [0.2, 0.25) is 0 Å². The Kier molecular flexibility index (Phi) is 25.7. The minimum Gasteiger partial charge on any atom is -0.396 e. The van der Waals surface area contributed by atoms with Gasteiger partial charge in [0, 0.05) is 58.2 Å². The van der Waals surface area contributed by atoms with Gasteiger partial charge in [-0.05, 0) is 42.9 Å². The molecule has 2 aromatic rings. The van der Waals surface area contributed by atoms with Gasteiger partial charge in [0.05, 0.1) is 5.69 Å². The smallest absolute Gasteiger partial charge is 0.142 e. The molecule has 1 aromatic heterocycles. The second-order valence-corrected chi connectivity index (χ2v) is 7.73. The van der Waals surface area contributed by atoms with Crippen LogP contribution in [0.1, 0.15) is 91.3 Å². The number of aromatic nitrogens is 1. The number of benzene rings is 1. The molecule has 0 bridgehead atoms. The summed E-state index contributed by atoms with van der Waals surface area (Å²) < 4.78 is 13.1. The van der Waals surface area contributed by atoms with Crippen LogP contribution in [0, 0.1) is 44.0 Å². The van der Waals surface area contributed by atoms with Crippen LogP contribution in [0.15, 0.2) is 42.6 Å². The Morgan fingerprint density at radius 1 is 1.03 bits per heavy atom. The first-order valence-corrected chi connectivity index (χ1v) is 11.5. The number of carbonyl (C=O) groups is 1. The molecule has 0 radical (unpaired) electrons. The van der Waals surface area contributed by atoms with Crippen molar-refractivity contribution in [1.29, 1.82) is 0 Å². The molecular weight excluding hydrogens is 627 g/mol. The molecule has 0 aliphatic carbocycles. The number of rotatable bonds is 7. The molecule has 1 aromatic carbocycles. The van der Waals surface area contributed by atoms with Crippen LogP contribution in [0.3, 0.4) is 0 Å². The Hall–Kier alpha value is -1.02. The van der Waals surface area contributed by atoms with Crippen molar-refractivity contribution in [2.75, 3.05) is 6.61 Å². The fourth-order valence-corrected chi connectivity index (χ4v) is 2.17. The number of carbonyl (C=O) groups excluding carboxylic acids is 1. The molecule has 0 amide bonds. The number of aliphatic hydroxyl groups excluding tert-OH is 1. The Morgan fingerprint density at radius 3 is 1.91 bits per heavy atom. The standard InChI is InChI=1S/C11H14O.C10H14FNO.C4H10.C2H6.U.H2/c1-3-11(12)8-10-6-4-9(2)5-7-10;1-2-9(11)10-4-3-8(5-6-13)7-12-10;1-4(2)3;1-2;;/h4-7H,3,8H2,1-2H3;3-4,7,9,13H,2,5-6H2,1H3;4H,1-3H3;1-2H3;;1H. The Bertz CT molecular complexity index is 677. The van der Waals surface area contributed by atoms with E-state index in [9.17, 15) is 9.18 Å². The summed E-state index contributed by atoms with van der Waals surface area (Å²) in [4.78, 5) is 15.0. The molecule has 0 aliphatic heterocycles. The summed E-state index contributed by atoms with van der Waals surface area (Å²) >= 11 is 0. The van der Waals surface area contributed by atoms with E-state index in [2.05, 4.69) is 25.8 Å². The van der Waals surface area contributed by atoms with Gasteiger partial charge in [-0.1, -0.05) is 84.4 Å². The molecule has 182 valence electrons. The van der Waals surface area contributed by atoms with E-state index in [4.69, 9.17) is 5.11 Å². The zero-order valence-electron chi connectivity index (χ0n) is 21.4. The van der Waals surface area contributed by atoms with Gasteiger partial charge in [0.25, 0.3) is 0 Å². The molecule has 0 aliphatic rings. The predicted octanol–water partition coefficient (Wildman–Crippen LogP) is 7.49. The quantitative estimate of drug-likeness (QED) is 0.332. The fraction of sp³-hybridized carbons (Fsp3) is 0.556. The maximum absolute atomic E-state index is 13.1. The largest absolute Gasteiger partial charge is 0.396 e. The normalized spacial score (nSPS) is 10.2. The van der Waals surface area contributed by atoms with Crippen molar-refractivity contribution in [2.45, 2.75) is 87.2 Å². The van der Waals surface area contributed by atoms with E-state index in [-0.39, 0.29) is 39.1 Å². The van der Waals surface area contributed by atoms with Gasteiger partial charge in [0.1, 0.15) is 12.0 Å². The average molecular weight is 674 g/mol. The number of pyridine rings is 1. The minimum absolute atomic E-state index is 0. The monoisotopic (exact) mass is 673 g/mol. The summed E-state index contributed by atoms with van der Waals surface area (Å²) in [7, 11) is 0. The number of nitrogens with zero attached hydrogens (tertiary/aromatic N) is 1. The first kappa shape index (κ1) is 35.6. The van der Waals surface area contributed by atoms with Crippen LogP contribution < -0.4 is 0 Å². The van der Waals surface area contributed by atoms with Crippen molar-refractivity contribution < 1.29 is 46.8 Å². The van der Waals surface area contributed by atoms with Crippen LogP contribution >= 0.6 is 0 Å². The molecule has 0 saturated heterocycles. The topological polar surface area (TPSA) is 50.2 Å². The molecule has 2 rings (SSSR count). The van der Waals surface area contributed by atoms with Crippen LogP contribution in [0.5, 0.6) is 0 Å². The number of hydrogen-bond acceptors (Lipinski definition) is 3. The molecule has 0 spiro atoms. The number of aryl methyl sites for hydroxylation is 1. The number of halogens is 1. The van der Waals surface area contributed by atoms with E-state index in [1.165, 1.54) is 5.56 Å². The minimum atomic E-state index is -0.969. The number of Topliss-reactive ketones (excluding diaryl/α,β-unsaturated/α-hetero) is 1. The molecule has 1 unspecified atom stereocenters. The zero-order chi connectivity index (χ0) is 24.2. The molecule has 1 N–H and O–H groups in total. The van der Waals surface area contributed by atoms with E-state index in [1.54, 1.807) is 25.3 Å². The van der Waals surface area contributed by atoms with Crippen LogP contribution in [0.4, 0.5) is 4.39 Å². The SMILES string of the molecule is CC.CC(C)C.CCC(=O)Cc1ccc(C)cc1.CCC(F)c1ccc(CCO)cn1.[HH].[U]. The third-order valence-electron chi connectivity index (χ3n) is 3.84. The molecule has 1 atom stereocenters. The third kappa shape index (κ3) is 19.7. The molecule has 5 heteroatoms. The first-order chi connectivity index (χ1) is 14.7. The number of hydrogen-bond donors (Lipinski definition) is 1. The van der Waals surface area contributed by atoms with E-state index in [0.29, 0.717) is 37.2 Å². The van der Waals surface area contributed by atoms with Crippen molar-refractivity contribution in [2.24, 2.45) is 5.92 Å². The summed E-state index contributed by atoms with van der Waals surface area (Å²) in [5.74, 6) is 1.14. The number of ketones is 1. The van der Waals surface area contributed by atoms with E-state index < -0.39 is 6.17 Å². The number of alkyl halides is 1. The molecule has 0 fully saturated rings. The predicted molar refractivity (Wildman–Crippen MR) is 133 cm³/mol. The Labute approximate surface area is 221 Å². The van der Waals surface area contributed by atoms with Crippen molar-refractivity contribution >= 4 is 5.78 Å². The van der Waals surface area contributed by atoms with Crippen molar-refractivity contribution in [3.63, 3.8) is 0 Å².